The lowest BCUT2D eigenvalue weighted by atomic mass is 9.94. The molecule has 0 radical (unpaired) electrons. The molecule has 1 N–H and O–H groups in total. The molecule has 2 saturated heterocycles. The van der Waals surface area contributed by atoms with Crippen LogP contribution in [0, 0.1) is 0 Å². The van der Waals surface area contributed by atoms with Gasteiger partial charge < -0.3 is 10.2 Å². The van der Waals surface area contributed by atoms with Crippen LogP contribution in [0.2, 0.25) is 0 Å². The highest BCUT2D eigenvalue weighted by Crippen LogP contribution is 2.27. The van der Waals surface area contributed by atoms with Crippen LogP contribution in [-0.4, -0.2) is 29.3 Å². The van der Waals surface area contributed by atoms with Crippen LogP contribution in [0.15, 0.2) is 30.3 Å². The molecule has 1 aromatic carbocycles. The molecular formula is C14H16N2O2. The van der Waals surface area contributed by atoms with Gasteiger partial charge in [0.15, 0.2) is 0 Å². The van der Waals surface area contributed by atoms with Crippen LogP contribution in [0.1, 0.15) is 30.9 Å². The number of carbonyl (C=O) groups excluding carboxylic acids is 2. The Morgan fingerprint density at radius 3 is 2.67 bits per heavy atom. The highest BCUT2D eigenvalue weighted by Gasteiger charge is 2.41. The van der Waals surface area contributed by atoms with Gasteiger partial charge in [-0.2, -0.15) is 0 Å². The van der Waals surface area contributed by atoms with Crippen LogP contribution in [-0.2, 0) is 9.59 Å². The lowest BCUT2D eigenvalue weighted by molar-refractivity contribution is -0.151. The van der Waals surface area contributed by atoms with E-state index in [-0.39, 0.29) is 17.9 Å². The van der Waals surface area contributed by atoms with Crippen LogP contribution < -0.4 is 5.32 Å². The highest BCUT2D eigenvalue weighted by molar-refractivity contribution is 5.97. The average molecular weight is 244 g/mol. The van der Waals surface area contributed by atoms with Crippen LogP contribution in [0.3, 0.4) is 0 Å². The van der Waals surface area contributed by atoms with Crippen LogP contribution in [0.4, 0.5) is 0 Å². The summed E-state index contributed by atoms with van der Waals surface area (Å²) in [6, 6.07) is 8.69. The van der Waals surface area contributed by atoms with Crippen molar-refractivity contribution in [1.82, 2.24) is 10.2 Å². The minimum absolute atomic E-state index is 0.0110. The number of fused-ring (bicyclic) bond motifs is 1. The summed E-state index contributed by atoms with van der Waals surface area (Å²) in [6.45, 7) is 0.709. The molecule has 2 aliphatic heterocycles. The molecule has 2 unspecified atom stereocenters. The number of piperidine rings is 1. The normalized spacial score (nSPS) is 27.7. The van der Waals surface area contributed by atoms with Gasteiger partial charge in [0.05, 0.1) is 0 Å². The lowest BCUT2D eigenvalue weighted by Gasteiger charge is -2.41. The van der Waals surface area contributed by atoms with E-state index in [1.165, 1.54) is 0 Å². The largest absolute Gasteiger partial charge is 0.339 e. The van der Waals surface area contributed by atoms with Gasteiger partial charge in [-0.3, -0.25) is 9.59 Å². The van der Waals surface area contributed by atoms with Crippen molar-refractivity contribution in [3.05, 3.63) is 35.9 Å². The van der Waals surface area contributed by atoms with E-state index in [0.717, 1.165) is 24.8 Å². The topological polar surface area (TPSA) is 49.4 Å². The van der Waals surface area contributed by atoms with Crippen LogP contribution >= 0.6 is 0 Å². The van der Waals surface area contributed by atoms with E-state index in [9.17, 15) is 9.59 Å². The Kier molecular flexibility index (Phi) is 2.78. The standard InChI is InChI=1S/C14H16N2O2/c17-13-11-8-4-5-9-16(11)14(18)12(15-13)10-6-2-1-3-7-10/h1-3,6-7,11-12H,4-5,8-9H2,(H,15,17). The van der Waals surface area contributed by atoms with Crippen molar-refractivity contribution in [2.24, 2.45) is 0 Å². The average Bonchev–Trinajstić information content (AvgIpc) is 2.44. The predicted octanol–water partition coefficient (Wildman–Crippen LogP) is 1.24. The molecule has 2 atom stereocenters. The number of carbonyl (C=O) groups is 2. The summed E-state index contributed by atoms with van der Waals surface area (Å²) < 4.78 is 0. The van der Waals surface area contributed by atoms with Crippen molar-refractivity contribution >= 4 is 11.8 Å². The van der Waals surface area contributed by atoms with E-state index in [1.54, 1.807) is 4.90 Å². The maximum Gasteiger partial charge on any atom is 0.250 e. The molecule has 4 nitrogen and oxygen atoms in total. The van der Waals surface area contributed by atoms with Gasteiger partial charge in [-0.05, 0) is 24.8 Å². The zero-order valence-electron chi connectivity index (χ0n) is 10.1. The third kappa shape index (κ3) is 1.78. The Morgan fingerprint density at radius 2 is 1.89 bits per heavy atom. The van der Waals surface area contributed by atoms with Crippen molar-refractivity contribution in [2.75, 3.05) is 6.54 Å². The molecule has 2 heterocycles. The summed E-state index contributed by atoms with van der Waals surface area (Å²) in [6.07, 6.45) is 2.81. The van der Waals surface area contributed by atoms with Gasteiger partial charge in [0.25, 0.3) is 0 Å². The molecule has 2 amide bonds. The van der Waals surface area contributed by atoms with Gasteiger partial charge in [0.2, 0.25) is 11.8 Å². The quantitative estimate of drug-likeness (QED) is 0.808. The van der Waals surface area contributed by atoms with Crippen molar-refractivity contribution in [1.29, 1.82) is 0 Å². The molecule has 0 saturated carbocycles. The molecule has 1 aromatic rings. The number of benzene rings is 1. The molecular weight excluding hydrogens is 228 g/mol. The second-order valence-corrected chi connectivity index (χ2v) is 4.90. The molecule has 94 valence electrons. The first-order chi connectivity index (χ1) is 8.77. The van der Waals surface area contributed by atoms with Crippen molar-refractivity contribution in [3.63, 3.8) is 0 Å². The summed E-state index contributed by atoms with van der Waals surface area (Å²) >= 11 is 0. The Labute approximate surface area is 106 Å². The smallest absolute Gasteiger partial charge is 0.250 e. The van der Waals surface area contributed by atoms with Gasteiger partial charge in [0, 0.05) is 6.54 Å². The SMILES string of the molecule is O=C1NC(c2ccccc2)C(=O)N2CCCCC12. The first kappa shape index (κ1) is 11.3. The maximum atomic E-state index is 12.4. The van der Waals surface area contributed by atoms with Gasteiger partial charge in [-0.15, -0.1) is 0 Å². The Balaban J connectivity index is 1.90. The number of nitrogens with one attached hydrogen (secondary N) is 1. The molecule has 4 heteroatoms. The van der Waals surface area contributed by atoms with Crippen molar-refractivity contribution in [3.8, 4) is 0 Å². The van der Waals surface area contributed by atoms with Crippen LogP contribution in [0.25, 0.3) is 0 Å². The molecule has 2 fully saturated rings. The van der Waals surface area contributed by atoms with Crippen molar-refractivity contribution in [2.45, 2.75) is 31.3 Å². The second-order valence-electron chi connectivity index (χ2n) is 4.90. The van der Waals surface area contributed by atoms with Gasteiger partial charge in [0.1, 0.15) is 12.1 Å². The number of hydrogen-bond donors (Lipinski definition) is 1. The van der Waals surface area contributed by atoms with E-state index >= 15 is 0 Å². The van der Waals surface area contributed by atoms with E-state index < -0.39 is 6.04 Å². The summed E-state index contributed by atoms with van der Waals surface area (Å²) in [5.41, 5.74) is 0.861. The van der Waals surface area contributed by atoms with E-state index in [2.05, 4.69) is 5.32 Å². The summed E-state index contributed by atoms with van der Waals surface area (Å²) in [4.78, 5) is 26.2. The van der Waals surface area contributed by atoms with E-state index in [0.29, 0.717) is 6.54 Å². The fraction of sp³-hybridized carbons (Fsp3) is 0.429. The third-order valence-electron chi connectivity index (χ3n) is 3.75. The first-order valence-electron chi connectivity index (χ1n) is 6.43. The zero-order chi connectivity index (χ0) is 12.5. The number of nitrogens with zero attached hydrogens (tertiary/aromatic N) is 1. The molecule has 0 aliphatic carbocycles. The third-order valence-corrected chi connectivity index (χ3v) is 3.75. The first-order valence-corrected chi connectivity index (χ1v) is 6.43. The summed E-state index contributed by atoms with van der Waals surface area (Å²) in [5, 5.41) is 2.85. The van der Waals surface area contributed by atoms with Gasteiger partial charge >= 0.3 is 0 Å². The monoisotopic (exact) mass is 244 g/mol. The number of rotatable bonds is 1. The Bertz CT molecular complexity index is 472. The number of amides is 2. The van der Waals surface area contributed by atoms with E-state index in [4.69, 9.17) is 0 Å². The fourth-order valence-corrected chi connectivity index (χ4v) is 2.81. The minimum Gasteiger partial charge on any atom is -0.339 e. The highest BCUT2D eigenvalue weighted by atomic mass is 16.2. The predicted molar refractivity (Wildman–Crippen MR) is 66.7 cm³/mol. The number of piperazine rings is 1. The second kappa shape index (κ2) is 4.44. The van der Waals surface area contributed by atoms with E-state index in [1.807, 2.05) is 30.3 Å². The lowest BCUT2D eigenvalue weighted by Crippen LogP contribution is -2.60. The molecule has 0 bridgehead atoms. The molecule has 18 heavy (non-hydrogen) atoms. The molecule has 0 spiro atoms. The molecule has 0 aromatic heterocycles. The van der Waals surface area contributed by atoms with Crippen LogP contribution in [0.5, 0.6) is 0 Å². The summed E-state index contributed by atoms with van der Waals surface area (Å²) in [5.74, 6) is 0.0219. The number of hydrogen-bond acceptors (Lipinski definition) is 2. The van der Waals surface area contributed by atoms with Gasteiger partial charge in [-0.1, -0.05) is 30.3 Å². The molecule has 3 rings (SSSR count). The zero-order valence-corrected chi connectivity index (χ0v) is 10.1. The molecule has 2 aliphatic rings. The summed E-state index contributed by atoms with van der Waals surface area (Å²) in [7, 11) is 0. The fourth-order valence-electron chi connectivity index (χ4n) is 2.81. The Hall–Kier alpha value is -1.84. The Morgan fingerprint density at radius 1 is 1.11 bits per heavy atom. The van der Waals surface area contributed by atoms with Crippen molar-refractivity contribution < 1.29 is 9.59 Å². The maximum absolute atomic E-state index is 12.4. The van der Waals surface area contributed by atoms with Gasteiger partial charge in [-0.25, -0.2) is 0 Å². The minimum atomic E-state index is -0.506.